The van der Waals surface area contributed by atoms with E-state index >= 15 is 0 Å². The summed E-state index contributed by atoms with van der Waals surface area (Å²) < 4.78 is 10.8. The highest BCUT2D eigenvalue weighted by Gasteiger charge is 2.16. The number of unbranched alkanes of at least 4 members (excludes halogenated alkanes) is 67. The van der Waals surface area contributed by atoms with Gasteiger partial charge in [0.2, 0.25) is 0 Å². The molecule has 0 aliphatic carbocycles. The minimum absolute atomic E-state index is 0.0574. The number of esters is 2. The largest absolute Gasteiger partial charge is 0.462 e. The van der Waals surface area contributed by atoms with E-state index in [4.69, 9.17) is 9.47 Å². The molecule has 0 saturated heterocycles. The maximum absolute atomic E-state index is 12.4. The zero-order valence-corrected chi connectivity index (χ0v) is 62.9. The van der Waals surface area contributed by atoms with Crippen LogP contribution in [0.15, 0.2) is 36.5 Å². The number of aliphatic hydroxyl groups excluding tert-OH is 1. The molecule has 544 valence electrons. The molecule has 0 heterocycles. The van der Waals surface area contributed by atoms with Gasteiger partial charge in [0.25, 0.3) is 0 Å². The van der Waals surface area contributed by atoms with Crippen molar-refractivity contribution in [2.45, 2.75) is 495 Å². The molecule has 1 unspecified atom stereocenters. The summed E-state index contributed by atoms with van der Waals surface area (Å²) in [6.45, 7) is 4.21. The molecule has 0 saturated carbocycles. The molecule has 0 aliphatic rings. The van der Waals surface area contributed by atoms with E-state index in [2.05, 4.69) is 50.3 Å². The van der Waals surface area contributed by atoms with Gasteiger partial charge in [0.05, 0.1) is 6.61 Å². The van der Waals surface area contributed by atoms with Crippen molar-refractivity contribution >= 4 is 11.9 Å². The smallest absolute Gasteiger partial charge is 0.306 e. The summed E-state index contributed by atoms with van der Waals surface area (Å²) in [5, 5.41) is 9.74. The highest BCUT2D eigenvalue weighted by Crippen LogP contribution is 2.21. The molecule has 0 aromatic carbocycles. The van der Waals surface area contributed by atoms with E-state index in [-0.39, 0.29) is 25.2 Å². The first-order valence-corrected chi connectivity index (χ1v) is 42.5. The number of allylic oxidation sites excluding steroid dienone is 6. The van der Waals surface area contributed by atoms with Gasteiger partial charge >= 0.3 is 11.9 Å². The molecule has 0 radical (unpaired) electrons. The summed E-state index contributed by atoms with van der Waals surface area (Å²) in [5.41, 5.74) is 0. The molecule has 5 nitrogen and oxygen atoms in total. The second-order valence-electron chi connectivity index (χ2n) is 29.3. The predicted octanol–water partition coefficient (Wildman–Crippen LogP) is 30.0. The van der Waals surface area contributed by atoms with Crippen molar-refractivity contribution in [3.63, 3.8) is 0 Å². The first-order chi connectivity index (χ1) is 45.6. The second kappa shape index (κ2) is 83.3. The average molecular weight is 1290 g/mol. The summed E-state index contributed by atoms with van der Waals surface area (Å²) in [5.74, 6) is -0.559. The van der Waals surface area contributed by atoms with Crippen molar-refractivity contribution in [2.24, 2.45) is 0 Å². The number of aliphatic hydroxyl groups is 1. The van der Waals surface area contributed by atoms with Crippen LogP contribution in [0, 0.1) is 0 Å². The average Bonchev–Trinajstić information content (AvgIpc) is 3.75. The van der Waals surface area contributed by atoms with Crippen LogP contribution in [0.5, 0.6) is 0 Å². The van der Waals surface area contributed by atoms with Crippen molar-refractivity contribution in [2.75, 3.05) is 13.2 Å². The second-order valence-corrected chi connectivity index (χ2v) is 29.3. The van der Waals surface area contributed by atoms with Crippen molar-refractivity contribution < 1.29 is 24.2 Å². The third kappa shape index (κ3) is 80.6. The summed E-state index contributed by atoms with van der Waals surface area (Å²) in [6.07, 6.45) is 113. The first-order valence-electron chi connectivity index (χ1n) is 42.5. The van der Waals surface area contributed by atoms with Crippen LogP contribution in [0.1, 0.15) is 489 Å². The standard InChI is InChI=1S/C87H166O5/c1-3-5-7-9-11-13-15-17-19-21-23-25-27-29-31-33-35-37-39-41-43-45-47-49-51-53-55-57-59-61-63-65-67-69-71-73-75-77-79-81-86(89)91-84-85(83-88)92-87(90)82-80-78-76-74-72-70-68-66-64-62-60-58-56-54-52-50-48-46-44-42-40-38-36-34-32-30-28-26-24-22-20-18-16-14-12-10-8-6-4-2/h16,18,21-24,85,88H,3-15,17,19-20,25-84H2,1-2H3/b18-16-,23-21-,24-22-. The lowest BCUT2D eigenvalue weighted by Gasteiger charge is -2.15. The van der Waals surface area contributed by atoms with E-state index in [0.29, 0.717) is 12.8 Å². The fourth-order valence-corrected chi connectivity index (χ4v) is 13.5. The molecule has 0 bridgehead atoms. The van der Waals surface area contributed by atoms with E-state index in [1.165, 1.54) is 424 Å². The Labute approximate surface area is 577 Å². The van der Waals surface area contributed by atoms with Crippen LogP contribution in [0.2, 0.25) is 0 Å². The lowest BCUT2D eigenvalue weighted by molar-refractivity contribution is -0.161. The highest BCUT2D eigenvalue weighted by molar-refractivity contribution is 5.70. The molecule has 0 aromatic rings. The Morgan fingerprint density at radius 3 is 0.652 bits per heavy atom. The molecule has 1 N–H and O–H groups in total. The molecule has 0 aliphatic heterocycles. The summed E-state index contributed by atoms with van der Waals surface area (Å²) in [7, 11) is 0. The number of ether oxygens (including phenoxy) is 2. The third-order valence-corrected chi connectivity index (χ3v) is 19.9. The van der Waals surface area contributed by atoms with Gasteiger partial charge in [-0.15, -0.1) is 0 Å². The molecule has 0 rings (SSSR count). The molecule has 1 atom stereocenters. The zero-order valence-electron chi connectivity index (χ0n) is 62.9. The van der Waals surface area contributed by atoms with E-state index in [0.717, 1.165) is 38.5 Å². The van der Waals surface area contributed by atoms with Crippen molar-refractivity contribution in [1.82, 2.24) is 0 Å². The predicted molar refractivity (Wildman–Crippen MR) is 408 cm³/mol. The fourth-order valence-electron chi connectivity index (χ4n) is 13.5. The Bertz CT molecular complexity index is 1470. The maximum atomic E-state index is 12.4. The lowest BCUT2D eigenvalue weighted by atomic mass is 10.0. The molecule has 0 fully saturated rings. The SMILES string of the molecule is CCCCCCC/C=C\C/C=C\CCCCCCCCCCCCCCCCCCCCCCCCCCCCCC(=O)OC(CO)COC(=O)CCCCCCCCCCCCCCCCCCCCCCCCCCCCC/C=C\CCCCCCCCCC. The van der Waals surface area contributed by atoms with Crippen molar-refractivity contribution in [3.8, 4) is 0 Å². The summed E-state index contributed by atoms with van der Waals surface area (Å²) in [4.78, 5) is 24.7. The Morgan fingerprint density at radius 1 is 0.250 bits per heavy atom. The lowest BCUT2D eigenvalue weighted by Crippen LogP contribution is -2.28. The van der Waals surface area contributed by atoms with Gasteiger partial charge in [0, 0.05) is 12.8 Å². The van der Waals surface area contributed by atoms with Crippen molar-refractivity contribution in [1.29, 1.82) is 0 Å². The van der Waals surface area contributed by atoms with Crippen LogP contribution in [0.25, 0.3) is 0 Å². The van der Waals surface area contributed by atoms with Crippen LogP contribution >= 0.6 is 0 Å². The van der Waals surface area contributed by atoms with Crippen LogP contribution in [0.3, 0.4) is 0 Å². The monoisotopic (exact) mass is 1290 g/mol. The van der Waals surface area contributed by atoms with Crippen LogP contribution in [-0.2, 0) is 19.1 Å². The fraction of sp³-hybridized carbons (Fsp3) is 0.908. The van der Waals surface area contributed by atoms with Crippen LogP contribution in [0.4, 0.5) is 0 Å². The molecule has 0 amide bonds. The number of carbonyl (C=O) groups is 2. The zero-order chi connectivity index (χ0) is 66.1. The molecule has 92 heavy (non-hydrogen) atoms. The topological polar surface area (TPSA) is 72.8 Å². The van der Waals surface area contributed by atoms with Gasteiger partial charge in [-0.1, -0.05) is 442 Å². The van der Waals surface area contributed by atoms with Crippen molar-refractivity contribution in [3.05, 3.63) is 36.5 Å². The van der Waals surface area contributed by atoms with E-state index in [1.54, 1.807) is 0 Å². The number of rotatable bonds is 81. The molecular formula is C87H166O5. The number of hydrogen-bond donors (Lipinski definition) is 1. The van der Waals surface area contributed by atoms with E-state index < -0.39 is 6.10 Å². The van der Waals surface area contributed by atoms with Gasteiger partial charge in [-0.2, -0.15) is 0 Å². The summed E-state index contributed by atoms with van der Waals surface area (Å²) in [6, 6.07) is 0. The minimum Gasteiger partial charge on any atom is -0.462 e. The van der Waals surface area contributed by atoms with Gasteiger partial charge in [0.15, 0.2) is 6.10 Å². The van der Waals surface area contributed by atoms with Crippen LogP contribution in [-0.4, -0.2) is 36.4 Å². The molecule has 5 heteroatoms. The van der Waals surface area contributed by atoms with E-state index in [9.17, 15) is 14.7 Å². The molecular weight excluding hydrogens is 1120 g/mol. The molecule has 0 spiro atoms. The van der Waals surface area contributed by atoms with Gasteiger partial charge in [-0.3, -0.25) is 9.59 Å². The molecule has 0 aromatic heterocycles. The minimum atomic E-state index is -0.769. The van der Waals surface area contributed by atoms with Gasteiger partial charge in [-0.25, -0.2) is 0 Å². The maximum Gasteiger partial charge on any atom is 0.306 e. The number of carbonyl (C=O) groups excluding carboxylic acids is 2. The highest BCUT2D eigenvalue weighted by atomic mass is 16.6. The third-order valence-electron chi connectivity index (χ3n) is 19.9. The van der Waals surface area contributed by atoms with Gasteiger partial charge in [0.1, 0.15) is 6.61 Å². The normalized spacial score (nSPS) is 12.2. The van der Waals surface area contributed by atoms with E-state index in [1.807, 2.05) is 0 Å². The Hall–Kier alpha value is -1.88. The van der Waals surface area contributed by atoms with Gasteiger partial charge in [-0.05, 0) is 70.6 Å². The Kier molecular flexibility index (Phi) is 81.6. The summed E-state index contributed by atoms with van der Waals surface area (Å²) >= 11 is 0. The first kappa shape index (κ1) is 90.1. The Balaban J connectivity index is 3.34. The quantitative estimate of drug-likeness (QED) is 0.0373. The van der Waals surface area contributed by atoms with Crippen LogP contribution < -0.4 is 0 Å². The Morgan fingerprint density at radius 2 is 0.435 bits per heavy atom. The van der Waals surface area contributed by atoms with Gasteiger partial charge < -0.3 is 14.6 Å². The number of hydrogen-bond acceptors (Lipinski definition) is 5.